The molecule has 6 heteroatoms. The topological polar surface area (TPSA) is 49.3 Å². The van der Waals surface area contributed by atoms with Gasteiger partial charge < -0.3 is 10.4 Å². The van der Waals surface area contributed by atoms with Gasteiger partial charge in [-0.2, -0.15) is 13.2 Å². The molecule has 0 fully saturated rings. The van der Waals surface area contributed by atoms with Gasteiger partial charge in [-0.05, 0) is 36.6 Å². The molecule has 21 heavy (non-hydrogen) atoms. The van der Waals surface area contributed by atoms with E-state index >= 15 is 0 Å². The van der Waals surface area contributed by atoms with E-state index in [1.807, 2.05) is 6.92 Å². The highest BCUT2D eigenvalue weighted by molar-refractivity contribution is 5.91. The van der Waals surface area contributed by atoms with Gasteiger partial charge in [0.2, 0.25) is 5.91 Å². The minimum absolute atomic E-state index is 0.0316. The first-order valence-electron chi connectivity index (χ1n) is 6.63. The van der Waals surface area contributed by atoms with Crippen LogP contribution in [0, 0.1) is 0 Å². The van der Waals surface area contributed by atoms with Gasteiger partial charge in [-0.15, -0.1) is 0 Å². The molecule has 0 aliphatic rings. The first kappa shape index (κ1) is 17.2. The summed E-state index contributed by atoms with van der Waals surface area (Å²) in [6.07, 6.45) is -0.768. The maximum Gasteiger partial charge on any atom is 0.416 e. The third kappa shape index (κ3) is 5.99. The van der Waals surface area contributed by atoms with Crippen LogP contribution in [0.15, 0.2) is 30.3 Å². The fraction of sp³-hybridized carbons (Fsp3) is 0.400. The van der Waals surface area contributed by atoms with Crippen LogP contribution in [0.25, 0.3) is 6.08 Å². The van der Waals surface area contributed by atoms with Crippen molar-refractivity contribution >= 4 is 12.0 Å². The Hall–Kier alpha value is -1.82. The molecule has 1 atom stereocenters. The number of aliphatic hydroxyl groups is 1. The molecule has 1 aromatic rings. The summed E-state index contributed by atoms with van der Waals surface area (Å²) in [4.78, 5) is 11.6. The minimum atomic E-state index is -4.40. The summed E-state index contributed by atoms with van der Waals surface area (Å²) < 4.78 is 37.6. The maximum atomic E-state index is 12.5. The third-order valence-corrected chi connectivity index (χ3v) is 2.96. The first-order chi connectivity index (χ1) is 9.86. The van der Waals surface area contributed by atoms with Crippen LogP contribution in [0.2, 0.25) is 0 Å². The maximum absolute atomic E-state index is 12.5. The van der Waals surface area contributed by atoms with E-state index in [1.54, 1.807) is 0 Å². The zero-order valence-electron chi connectivity index (χ0n) is 11.7. The predicted molar refractivity (Wildman–Crippen MR) is 74.4 cm³/mol. The van der Waals surface area contributed by atoms with Crippen molar-refractivity contribution in [2.75, 3.05) is 6.61 Å². The highest BCUT2D eigenvalue weighted by atomic mass is 19.4. The van der Waals surface area contributed by atoms with Crippen LogP contribution in [0.4, 0.5) is 13.2 Å². The summed E-state index contributed by atoms with van der Waals surface area (Å²) in [7, 11) is 0. The Balaban J connectivity index is 2.70. The lowest BCUT2D eigenvalue weighted by molar-refractivity contribution is -0.137. The van der Waals surface area contributed by atoms with Crippen molar-refractivity contribution in [1.29, 1.82) is 0 Å². The van der Waals surface area contributed by atoms with E-state index in [-0.39, 0.29) is 12.6 Å². The van der Waals surface area contributed by atoms with Gasteiger partial charge in [0, 0.05) is 18.7 Å². The fourth-order valence-electron chi connectivity index (χ4n) is 1.77. The number of hydrogen-bond donors (Lipinski definition) is 2. The Kier molecular flexibility index (Phi) is 6.42. The Morgan fingerprint density at radius 3 is 2.71 bits per heavy atom. The van der Waals surface area contributed by atoms with Crippen molar-refractivity contribution in [1.82, 2.24) is 5.32 Å². The van der Waals surface area contributed by atoms with Crippen molar-refractivity contribution in [3.8, 4) is 0 Å². The molecule has 0 saturated heterocycles. The van der Waals surface area contributed by atoms with Crippen molar-refractivity contribution in [3.63, 3.8) is 0 Å². The number of aliphatic hydroxyl groups excluding tert-OH is 1. The Labute approximate surface area is 121 Å². The molecule has 0 heterocycles. The predicted octanol–water partition coefficient (Wildman–Crippen LogP) is 3.00. The smallest absolute Gasteiger partial charge is 0.396 e. The number of halogens is 3. The summed E-state index contributed by atoms with van der Waals surface area (Å²) in [5.74, 6) is -0.396. The van der Waals surface area contributed by atoms with Gasteiger partial charge in [0.05, 0.1) is 5.56 Å². The van der Waals surface area contributed by atoms with Gasteiger partial charge in [0.1, 0.15) is 0 Å². The molecule has 2 N–H and O–H groups in total. The summed E-state index contributed by atoms with van der Waals surface area (Å²) in [6, 6.07) is 4.60. The molecule has 1 amide bonds. The average Bonchev–Trinajstić information content (AvgIpc) is 2.44. The summed E-state index contributed by atoms with van der Waals surface area (Å²) >= 11 is 0. The monoisotopic (exact) mass is 301 g/mol. The minimum Gasteiger partial charge on any atom is -0.396 e. The number of nitrogens with one attached hydrogen (secondary N) is 1. The number of amides is 1. The number of rotatable bonds is 6. The molecule has 0 bridgehead atoms. The molecule has 0 spiro atoms. The zero-order valence-corrected chi connectivity index (χ0v) is 11.7. The first-order valence-corrected chi connectivity index (χ1v) is 6.63. The zero-order chi connectivity index (χ0) is 15.9. The average molecular weight is 301 g/mol. The highest BCUT2D eigenvalue weighted by Crippen LogP contribution is 2.29. The number of carbonyl (C=O) groups excluding carboxylic acids is 1. The molecule has 3 nitrogen and oxygen atoms in total. The standard InChI is InChI=1S/C15H18F3NO2/c1-2-13(8-9-20)19-14(21)7-6-11-4-3-5-12(10-11)15(16,17)18/h3-7,10,13,20H,2,8-9H2,1H3,(H,19,21)/b7-6+. The van der Waals surface area contributed by atoms with Gasteiger partial charge in [-0.3, -0.25) is 4.79 Å². The molecular formula is C15H18F3NO2. The summed E-state index contributed by atoms with van der Waals surface area (Å²) in [5, 5.41) is 11.5. The second-order valence-corrected chi connectivity index (χ2v) is 4.58. The van der Waals surface area contributed by atoms with Crippen LogP contribution in [-0.2, 0) is 11.0 Å². The van der Waals surface area contributed by atoms with Gasteiger partial charge in [-0.25, -0.2) is 0 Å². The van der Waals surface area contributed by atoms with Crippen LogP contribution < -0.4 is 5.32 Å². The van der Waals surface area contributed by atoms with Crippen LogP contribution in [0.1, 0.15) is 30.9 Å². The van der Waals surface area contributed by atoms with Crippen molar-refractivity contribution in [2.24, 2.45) is 0 Å². The number of carbonyl (C=O) groups is 1. The molecule has 1 aromatic carbocycles. The molecule has 0 aliphatic heterocycles. The van der Waals surface area contributed by atoms with E-state index in [9.17, 15) is 18.0 Å². The summed E-state index contributed by atoms with van der Waals surface area (Å²) in [6.45, 7) is 1.84. The molecule has 0 aromatic heterocycles. The SMILES string of the molecule is CCC(CCO)NC(=O)/C=C/c1cccc(C(F)(F)F)c1. The molecule has 1 unspecified atom stereocenters. The van der Waals surface area contributed by atoms with E-state index in [1.165, 1.54) is 24.3 Å². The van der Waals surface area contributed by atoms with Gasteiger partial charge >= 0.3 is 6.18 Å². The molecule has 0 saturated carbocycles. The van der Waals surface area contributed by atoms with E-state index in [4.69, 9.17) is 5.11 Å². The fourth-order valence-corrected chi connectivity index (χ4v) is 1.77. The third-order valence-electron chi connectivity index (χ3n) is 2.96. The van der Waals surface area contributed by atoms with Crippen molar-refractivity contribution in [2.45, 2.75) is 32.0 Å². The largest absolute Gasteiger partial charge is 0.416 e. The van der Waals surface area contributed by atoms with Crippen molar-refractivity contribution < 1.29 is 23.1 Å². The van der Waals surface area contributed by atoms with E-state index in [0.29, 0.717) is 18.4 Å². The Bertz CT molecular complexity index is 498. The molecule has 1 rings (SSSR count). The van der Waals surface area contributed by atoms with Crippen molar-refractivity contribution in [3.05, 3.63) is 41.5 Å². The quantitative estimate of drug-likeness (QED) is 0.794. The number of benzene rings is 1. The molecule has 116 valence electrons. The highest BCUT2D eigenvalue weighted by Gasteiger charge is 2.30. The van der Waals surface area contributed by atoms with Crippen LogP contribution in [0.3, 0.4) is 0 Å². The Morgan fingerprint density at radius 1 is 1.43 bits per heavy atom. The van der Waals surface area contributed by atoms with Gasteiger partial charge in [-0.1, -0.05) is 19.1 Å². The summed E-state index contributed by atoms with van der Waals surface area (Å²) in [5.41, 5.74) is -0.452. The lowest BCUT2D eigenvalue weighted by atomic mass is 10.1. The normalized spacial score (nSPS) is 13.4. The van der Waals surface area contributed by atoms with Crippen LogP contribution >= 0.6 is 0 Å². The lowest BCUT2D eigenvalue weighted by Crippen LogP contribution is -2.33. The van der Waals surface area contributed by atoms with E-state index in [0.717, 1.165) is 12.1 Å². The van der Waals surface area contributed by atoms with E-state index < -0.39 is 17.6 Å². The molecular weight excluding hydrogens is 283 g/mol. The second-order valence-electron chi connectivity index (χ2n) is 4.58. The van der Waals surface area contributed by atoms with Crippen LogP contribution in [-0.4, -0.2) is 23.7 Å². The Morgan fingerprint density at radius 2 is 2.14 bits per heavy atom. The molecule has 0 radical (unpaired) electrons. The number of hydrogen-bond acceptors (Lipinski definition) is 2. The van der Waals surface area contributed by atoms with Crippen LogP contribution in [0.5, 0.6) is 0 Å². The van der Waals surface area contributed by atoms with Gasteiger partial charge in [0.15, 0.2) is 0 Å². The number of alkyl halides is 3. The second kappa shape index (κ2) is 7.83. The van der Waals surface area contributed by atoms with Gasteiger partial charge in [0.25, 0.3) is 0 Å². The molecule has 0 aliphatic carbocycles. The lowest BCUT2D eigenvalue weighted by Gasteiger charge is -2.13. The van der Waals surface area contributed by atoms with E-state index in [2.05, 4.69) is 5.32 Å².